The molecule has 1 N–H and O–H groups in total. The minimum atomic E-state index is -0.289. The average molecular weight is 235 g/mol. The predicted molar refractivity (Wildman–Crippen MR) is 65.8 cm³/mol. The standard InChI is InChI=1S/C14H18FNO/c1-17-13-7-6-11(8-12(13)15)16-14(9-2-3-9)10-4-5-10/h6-10,14,16H,2-5H2,1H3. The molecule has 2 fully saturated rings. The van der Waals surface area contributed by atoms with E-state index < -0.39 is 0 Å². The summed E-state index contributed by atoms with van der Waals surface area (Å²) in [5.74, 6) is 1.65. The fraction of sp³-hybridized carbons (Fsp3) is 0.571. The van der Waals surface area contributed by atoms with Crippen molar-refractivity contribution in [3.05, 3.63) is 24.0 Å². The molecular formula is C14H18FNO. The summed E-state index contributed by atoms with van der Waals surface area (Å²) < 4.78 is 18.5. The molecule has 0 saturated heterocycles. The van der Waals surface area contributed by atoms with Crippen molar-refractivity contribution in [2.24, 2.45) is 11.8 Å². The summed E-state index contributed by atoms with van der Waals surface area (Å²) in [6.07, 6.45) is 5.30. The minimum Gasteiger partial charge on any atom is -0.494 e. The molecule has 0 heterocycles. The van der Waals surface area contributed by atoms with Crippen LogP contribution in [0.4, 0.5) is 10.1 Å². The summed E-state index contributed by atoms with van der Waals surface area (Å²) in [5.41, 5.74) is 0.882. The summed E-state index contributed by atoms with van der Waals surface area (Å²) in [7, 11) is 1.49. The van der Waals surface area contributed by atoms with Gasteiger partial charge in [-0.1, -0.05) is 0 Å². The molecule has 0 aromatic heterocycles. The molecule has 2 saturated carbocycles. The third-order valence-electron chi connectivity index (χ3n) is 3.74. The highest BCUT2D eigenvalue weighted by Gasteiger charge is 2.41. The van der Waals surface area contributed by atoms with Crippen LogP contribution in [0.15, 0.2) is 18.2 Å². The number of hydrogen-bond acceptors (Lipinski definition) is 2. The Morgan fingerprint density at radius 1 is 1.24 bits per heavy atom. The zero-order valence-electron chi connectivity index (χ0n) is 10.1. The van der Waals surface area contributed by atoms with Crippen LogP contribution in [0.25, 0.3) is 0 Å². The average Bonchev–Trinajstić information content (AvgIpc) is 3.16. The van der Waals surface area contributed by atoms with Gasteiger partial charge in [-0.2, -0.15) is 0 Å². The van der Waals surface area contributed by atoms with E-state index in [-0.39, 0.29) is 5.82 Å². The van der Waals surface area contributed by atoms with Crippen LogP contribution in [0.3, 0.4) is 0 Å². The van der Waals surface area contributed by atoms with Gasteiger partial charge < -0.3 is 10.1 Å². The topological polar surface area (TPSA) is 21.3 Å². The lowest BCUT2D eigenvalue weighted by Gasteiger charge is -2.19. The lowest BCUT2D eigenvalue weighted by atomic mass is 10.1. The molecule has 0 unspecified atom stereocenters. The van der Waals surface area contributed by atoms with Gasteiger partial charge in [-0.15, -0.1) is 0 Å². The van der Waals surface area contributed by atoms with E-state index >= 15 is 0 Å². The van der Waals surface area contributed by atoms with Crippen molar-refractivity contribution in [3.8, 4) is 5.75 Å². The highest BCUT2D eigenvalue weighted by molar-refractivity contribution is 5.48. The first kappa shape index (κ1) is 10.9. The van der Waals surface area contributed by atoms with E-state index in [0.29, 0.717) is 11.8 Å². The van der Waals surface area contributed by atoms with Gasteiger partial charge in [0.15, 0.2) is 11.6 Å². The Morgan fingerprint density at radius 3 is 2.35 bits per heavy atom. The van der Waals surface area contributed by atoms with Crippen molar-refractivity contribution in [3.63, 3.8) is 0 Å². The molecular weight excluding hydrogens is 217 g/mol. The fourth-order valence-corrected chi connectivity index (χ4v) is 2.48. The van der Waals surface area contributed by atoms with E-state index in [1.54, 1.807) is 6.07 Å². The minimum absolute atomic E-state index is 0.289. The van der Waals surface area contributed by atoms with E-state index in [4.69, 9.17) is 4.74 Å². The number of methoxy groups -OCH3 is 1. The van der Waals surface area contributed by atoms with Crippen LogP contribution in [0.1, 0.15) is 25.7 Å². The maximum Gasteiger partial charge on any atom is 0.167 e. The first-order chi connectivity index (χ1) is 8.28. The quantitative estimate of drug-likeness (QED) is 0.844. The summed E-state index contributed by atoms with van der Waals surface area (Å²) in [5, 5.41) is 3.50. The van der Waals surface area contributed by atoms with Crippen LogP contribution >= 0.6 is 0 Å². The van der Waals surface area contributed by atoms with Crippen molar-refractivity contribution >= 4 is 5.69 Å². The maximum absolute atomic E-state index is 13.6. The predicted octanol–water partition coefficient (Wildman–Crippen LogP) is 3.43. The zero-order chi connectivity index (χ0) is 11.8. The molecule has 2 nitrogen and oxygen atoms in total. The van der Waals surface area contributed by atoms with Crippen molar-refractivity contribution in [1.29, 1.82) is 0 Å². The molecule has 0 radical (unpaired) electrons. The van der Waals surface area contributed by atoms with Gasteiger partial charge >= 0.3 is 0 Å². The van der Waals surface area contributed by atoms with Gasteiger partial charge in [-0.3, -0.25) is 0 Å². The molecule has 2 aliphatic rings. The Balaban J connectivity index is 1.72. The molecule has 92 valence electrons. The molecule has 0 bridgehead atoms. The number of ether oxygens (including phenoxy) is 1. The van der Waals surface area contributed by atoms with Gasteiger partial charge in [0, 0.05) is 17.8 Å². The van der Waals surface area contributed by atoms with Crippen LogP contribution in [-0.2, 0) is 0 Å². The second-order valence-corrected chi connectivity index (χ2v) is 5.19. The Labute approximate surface area is 101 Å². The Hall–Kier alpha value is -1.25. The fourth-order valence-electron chi connectivity index (χ4n) is 2.48. The highest BCUT2D eigenvalue weighted by atomic mass is 19.1. The normalized spacial score (nSPS) is 19.5. The second-order valence-electron chi connectivity index (χ2n) is 5.19. The van der Waals surface area contributed by atoms with Gasteiger partial charge in [-0.25, -0.2) is 4.39 Å². The molecule has 2 aliphatic carbocycles. The van der Waals surface area contributed by atoms with E-state index in [9.17, 15) is 4.39 Å². The first-order valence-electron chi connectivity index (χ1n) is 6.38. The van der Waals surface area contributed by atoms with Gasteiger partial charge in [-0.05, 0) is 49.7 Å². The number of nitrogens with one attached hydrogen (secondary N) is 1. The van der Waals surface area contributed by atoms with Crippen LogP contribution in [0.2, 0.25) is 0 Å². The number of halogens is 1. The third kappa shape index (κ3) is 2.38. The first-order valence-corrected chi connectivity index (χ1v) is 6.38. The van der Waals surface area contributed by atoms with E-state index in [2.05, 4.69) is 5.32 Å². The smallest absolute Gasteiger partial charge is 0.167 e. The number of benzene rings is 1. The van der Waals surface area contributed by atoms with E-state index in [0.717, 1.165) is 17.5 Å². The summed E-state index contributed by atoms with van der Waals surface area (Å²) >= 11 is 0. The zero-order valence-corrected chi connectivity index (χ0v) is 10.1. The molecule has 3 heteroatoms. The maximum atomic E-state index is 13.6. The van der Waals surface area contributed by atoms with Crippen molar-refractivity contribution in [2.75, 3.05) is 12.4 Å². The monoisotopic (exact) mass is 235 g/mol. The van der Waals surface area contributed by atoms with Gasteiger partial charge in [0.1, 0.15) is 0 Å². The lowest BCUT2D eigenvalue weighted by molar-refractivity contribution is 0.386. The number of hydrogen-bond donors (Lipinski definition) is 1. The Kier molecular flexibility index (Phi) is 2.69. The molecule has 0 amide bonds. The Bertz CT molecular complexity index is 401. The van der Waals surface area contributed by atoms with Crippen LogP contribution < -0.4 is 10.1 Å². The molecule has 17 heavy (non-hydrogen) atoms. The molecule has 0 spiro atoms. The second kappa shape index (κ2) is 4.21. The third-order valence-corrected chi connectivity index (χ3v) is 3.74. The Morgan fingerprint density at radius 2 is 1.88 bits per heavy atom. The van der Waals surface area contributed by atoms with Gasteiger partial charge in [0.2, 0.25) is 0 Å². The van der Waals surface area contributed by atoms with E-state index in [1.165, 1.54) is 38.9 Å². The van der Waals surface area contributed by atoms with Crippen molar-refractivity contribution in [1.82, 2.24) is 0 Å². The molecule has 0 aliphatic heterocycles. The molecule has 1 aromatic carbocycles. The highest BCUT2D eigenvalue weighted by Crippen LogP contribution is 2.46. The lowest BCUT2D eigenvalue weighted by Crippen LogP contribution is -2.24. The van der Waals surface area contributed by atoms with Crippen LogP contribution in [0, 0.1) is 17.7 Å². The summed E-state index contributed by atoms with van der Waals surface area (Å²) in [6.45, 7) is 0. The SMILES string of the molecule is COc1ccc(NC(C2CC2)C2CC2)cc1F. The summed E-state index contributed by atoms with van der Waals surface area (Å²) in [4.78, 5) is 0. The van der Waals surface area contributed by atoms with Gasteiger partial charge in [0.25, 0.3) is 0 Å². The largest absolute Gasteiger partial charge is 0.494 e. The van der Waals surface area contributed by atoms with E-state index in [1.807, 2.05) is 6.07 Å². The van der Waals surface area contributed by atoms with Crippen LogP contribution in [-0.4, -0.2) is 13.2 Å². The molecule has 0 atom stereocenters. The molecule has 1 aromatic rings. The van der Waals surface area contributed by atoms with Gasteiger partial charge in [0.05, 0.1) is 7.11 Å². The molecule has 3 rings (SSSR count). The van der Waals surface area contributed by atoms with Crippen LogP contribution in [0.5, 0.6) is 5.75 Å². The van der Waals surface area contributed by atoms with Crippen molar-refractivity contribution in [2.45, 2.75) is 31.7 Å². The van der Waals surface area contributed by atoms with Crippen molar-refractivity contribution < 1.29 is 9.13 Å². The number of anilines is 1. The number of rotatable bonds is 5. The summed E-state index contributed by atoms with van der Waals surface area (Å²) in [6, 6.07) is 5.69.